The molecule has 78 valence electrons. The number of nitrogens with zero attached hydrogens (tertiary/aromatic N) is 1. The molecule has 1 fully saturated rings. The third kappa shape index (κ3) is 3.28. The first-order chi connectivity index (χ1) is 6.27. The van der Waals surface area contributed by atoms with Crippen molar-refractivity contribution in [3.05, 3.63) is 0 Å². The predicted molar refractivity (Wildman–Crippen MR) is 58.0 cm³/mol. The van der Waals surface area contributed by atoms with E-state index in [1.54, 1.807) is 0 Å². The summed E-state index contributed by atoms with van der Waals surface area (Å²) >= 11 is 0. The first-order valence-electron chi connectivity index (χ1n) is 5.67. The first kappa shape index (κ1) is 11.0. The second kappa shape index (κ2) is 5.61. The Labute approximate surface area is 82.7 Å². The summed E-state index contributed by atoms with van der Waals surface area (Å²) in [5.74, 6) is 0.866. The smallest absolute Gasteiger partial charge is 0.00762 e. The van der Waals surface area contributed by atoms with E-state index in [4.69, 9.17) is 0 Å². The molecule has 1 N–H and O–H groups in total. The van der Waals surface area contributed by atoms with Crippen molar-refractivity contribution in [2.45, 2.75) is 39.2 Å². The molecular formula is C11H24N2. The van der Waals surface area contributed by atoms with Gasteiger partial charge in [0.15, 0.2) is 0 Å². The number of piperidine rings is 1. The molecule has 13 heavy (non-hydrogen) atoms. The molecule has 0 aromatic heterocycles. The Bertz CT molecular complexity index is 134. The van der Waals surface area contributed by atoms with Gasteiger partial charge in [0.2, 0.25) is 0 Å². The van der Waals surface area contributed by atoms with Gasteiger partial charge in [0, 0.05) is 12.6 Å². The van der Waals surface area contributed by atoms with Crippen LogP contribution in [-0.4, -0.2) is 37.6 Å². The van der Waals surface area contributed by atoms with Gasteiger partial charge in [-0.2, -0.15) is 0 Å². The molecule has 2 atom stereocenters. The molecular weight excluding hydrogens is 160 g/mol. The van der Waals surface area contributed by atoms with E-state index in [0.717, 1.165) is 5.92 Å². The molecule has 1 aliphatic rings. The number of likely N-dealkylation sites (tertiary alicyclic amines) is 1. The van der Waals surface area contributed by atoms with Crippen molar-refractivity contribution >= 4 is 0 Å². The zero-order valence-electron chi connectivity index (χ0n) is 9.34. The molecule has 2 unspecified atom stereocenters. The van der Waals surface area contributed by atoms with E-state index in [1.807, 2.05) is 0 Å². The van der Waals surface area contributed by atoms with Crippen LogP contribution in [0.1, 0.15) is 33.1 Å². The van der Waals surface area contributed by atoms with Gasteiger partial charge in [-0.15, -0.1) is 0 Å². The summed E-state index contributed by atoms with van der Waals surface area (Å²) in [5.41, 5.74) is 0. The summed E-state index contributed by atoms with van der Waals surface area (Å²) in [6.07, 6.45) is 4.08. The lowest BCUT2D eigenvalue weighted by molar-refractivity contribution is 0.153. The van der Waals surface area contributed by atoms with E-state index in [0.29, 0.717) is 6.04 Å². The van der Waals surface area contributed by atoms with Gasteiger partial charge in [-0.1, -0.05) is 6.92 Å². The van der Waals surface area contributed by atoms with Gasteiger partial charge in [0.05, 0.1) is 0 Å². The number of hydrogen-bond acceptors (Lipinski definition) is 2. The van der Waals surface area contributed by atoms with Crippen LogP contribution < -0.4 is 5.32 Å². The Morgan fingerprint density at radius 1 is 1.54 bits per heavy atom. The van der Waals surface area contributed by atoms with Crippen LogP contribution >= 0.6 is 0 Å². The molecule has 2 heteroatoms. The maximum absolute atomic E-state index is 3.37. The van der Waals surface area contributed by atoms with Gasteiger partial charge < -0.3 is 10.2 Å². The van der Waals surface area contributed by atoms with Crippen molar-refractivity contribution in [2.24, 2.45) is 5.92 Å². The average Bonchev–Trinajstić information content (AvgIpc) is 2.18. The van der Waals surface area contributed by atoms with Gasteiger partial charge in [0.1, 0.15) is 0 Å². The molecule has 2 nitrogen and oxygen atoms in total. The van der Waals surface area contributed by atoms with Crippen LogP contribution in [0.3, 0.4) is 0 Å². The van der Waals surface area contributed by atoms with E-state index >= 15 is 0 Å². The molecule has 1 heterocycles. The van der Waals surface area contributed by atoms with E-state index in [-0.39, 0.29) is 0 Å². The molecule has 1 aliphatic heterocycles. The minimum absolute atomic E-state index is 0.680. The molecule has 1 rings (SSSR count). The van der Waals surface area contributed by atoms with Crippen LogP contribution in [0.15, 0.2) is 0 Å². The maximum atomic E-state index is 3.37. The topological polar surface area (TPSA) is 15.3 Å². The molecule has 0 amide bonds. The molecule has 0 aromatic rings. The van der Waals surface area contributed by atoms with E-state index in [1.165, 1.54) is 38.9 Å². The Morgan fingerprint density at radius 2 is 2.31 bits per heavy atom. The van der Waals surface area contributed by atoms with E-state index in [2.05, 4.69) is 31.1 Å². The third-order valence-corrected chi connectivity index (χ3v) is 3.24. The van der Waals surface area contributed by atoms with Gasteiger partial charge in [-0.25, -0.2) is 0 Å². The summed E-state index contributed by atoms with van der Waals surface area (Å²) in [5, 5.41) is 3.37. The van der Waals surface area contributed by atoms with E-state index in [9.17, 15) is 0 Å². The minimum atomic E-state index is 0.680. The fourth-order valence-electron chi connectivity index (χ4n) is 2.25. The lowest BCUT2D eigenvalue weighted by Gasteiger charge is -2.35. The Balaban J connectivity index is 2.32. The second-order valence-corrected chi connectivity index (χ2v) is 4.28. The monoisotopic (exact) mass is 184 g/mol. The SMILES string of the molecule is CCCN1CCCC(C(C)NC)C1. The zero-order chi connectivity index (χ0) is 9.68. The van der Waals surface area contributed by atoms with Gasteiger partial charge in [-0.05, 0) is 52.2 Å². The normalized spacial score (nSPS) is 27.5. The zero-order valence-corrected chi connectivity index (χ0v) is 9.34. The lowest BCUT2D eigenvalue weighted by atomic mass is 9.91. The molecule has 0 saturated carbocycles. The van der Waals surface area contributed by atoms with Crippen LogP contribution in [0.5, 0.6) is 0 Å². The number of rotatable bonds is 4. The molecule has 0 aromatic carbocycles. The number of hydrogen-bond donors (Lipinski definition) is 1. The second-order valence-electron chi connectivity index (χ2n) is 4.28. The molecule has 0 aliphatic carbocycles. The summed E-state index contributed by atoms with van der Waals surface area (Å²) in [6.45, 7) is 8.48. The minimum Gasteiger partial charge on any atom is -0.317 e. The highest BCUT2D eigenvalue weighted by atomic mass is 15.1. The highest BCUT2D eigenvalue weighted by Crippen LogP contribution is 2.19. The average molecular weight is 184 g/mol. The Morgan fingerprint density at radius 3 is 2.92 bits per heavy atom. The van der Waals surface area contributed by atoms with Crippen molar-refractivity contribution in [1.82, 2.24) is 10.2 Å². The van der Waals surface area contributed by atoms with Crippen LogP contribution in [0, 0.1) is 5.92 Å². The Kier molecular flexibility index (Phi) is 4.74. The molecule has 0 bridgehead atoms. The summed E-state index contributed by atoms with van der Waals surface area (Å²) < 4.78 is 0. The largest absolute Gasteiger partial charge is 0.317 e. The summed E-state index contributed by atoms with van der Waals surface area (Å²) in [4.78, 5) is 2.61. The highest BCUT2D eigenvalue weighted by molar-refractivity contribution is 4.79. The van der Waals surface area contributed by atoms with Gasteiger partial charge >= 0.3 is 0 Å². The highest BCUT2D eigenvalue weighted by Gasteiger charge is 2.22. The quantitative estimate of drug-likeness (QED) is 0.715. The van der Waals surface area contributed by atoms with Crippen LogP contribution in [0.4, 0.5) is 0 Å². The summed E-state index contributed by atoms with van der Waals surface area (Å²) in [7, 11) is 2.07. The predicted octanol–water partition coefficient (Wildman–Crippen LogP) is 1.72. The van der Waals surface area contributed by atoms with Gasteiger partial charge in [0.25, 0.3) is 0 Å². The standard InChI is InChI=1S/C11H24N2/c1-4-7-13-8-5-6-11(9-13)10(2)12-3/h10-12H,4-9H2,1-3H3. The van der Waals surface area contributed by atoms with Gasteiger partial charge in [-0.3, -0.25) is 0 Å². The maximum Gasteiger partial charge on any atom is 0.00762 e. The van der Waals surface area contributed by atoms with Crippen molar-refractivity contribution in [3.8, 4) is 0 Å². The van der Waals surface area contributed by atoms with Crippen LogP contribution in [-0.2, 0) is 0 Å². The van der Waals surface area contributed by atoms with Crippen molar-refractivity contribution < 1.29 is 0 Å². The fourth-order valence-corrected chi connectivity index (χ4v) is 2.25. The molecule has 0 spiro atoms. The van der Waals surface area contributed by atoms with E-state index < -0.39 is 0 Å². The van der Waals surface area contributed by atoms with Crippen molar-refractivity contribution in [3.63, 3.8) is 0 Å². The fraction of sp³-hybridized carbons (Fsp3) is 1.00. The van der Waals surface area contributed by atoms with Crippen LogP contribution in [0.2, 0.25) is 0 Å². The third-order valence-electron chi connectivity index (χ3n) is 3.24. The van der Waals surface area contributed by atoms with Crippen LogP contribution in [0.25, 0.3) is 0 Å². The number of nitrogens with one attached hydrogen (secondary N) is 1. The first-order valence-corrected chi connectivity index (χ1v) is 5.67. The molecule has 1 saturated heterocycles. The van der Waals surface area contributed by atoms with Crippen molar-refractivity contribution in [2.75, 3.05) is 26.7 Å². The van der Waals surface area contributed by atoms with Crippen molar-refractivity contribution in [1.29, 1.82) is 0 Å². The molecule has 0 radical (unpaired) electrons. The summed E-state index contributed by atoms with van der Waals surface area (Å²) in [6, 6.07) is 0.680. The Hall–Kier alpha value is -0.0800. The lowest BCUT2D eigenvalue weighted by Crippen LogP contribution is -2.43.